The van der Waals surface area contributed by atoms with Crippen molar-refractivity contribution in [1.82, 2.24) is 0 Å². The van der Waals surface area contributed by atoms with E-state index in [1.165, 1.54) is 0 Å². The molecule has 0 N–H and O–H groups in total. The molecule has 0 amide bonds. The minimum atomic E-state index is -1.06. The fraction of sp³-hybridized carbons (Fsp3) is 0.286. The largest absolute Gasteiger partial charge is 1.00 e. The van der Waals surface area contributed by atoms with Crippen LogP contribution in [-0.4, -0.2) is 5.97 Å². The van der Waals surface area contributed by atoms with Crippen LogP contribution in [0, 0.1) is 0 Å². The van der Waals surface area contributed by atoms with Crippen molar-refractivity contribution < 1.29 is 39.5 Å². The third kappa shape index (κ3) is 7.95. The van der Waals surface area contributed by atoms with Crippen molar-refractivity contribution in [3.63, 3.8) is 0 Å². The van der Waals surface area contributed by atoms with Crippen LogP contribution in [0.1, 0.15) is 13.3 Å². The fourth-order valence-electron chi connectivity index (χ4n) is 0.328. The van der Waals surface area contributed by atoms with E-state index in [0.717, 1.165) is 5.57 Å². The first-order chi connectivity index (χ1) is 4.16. The molecule has 3 heteroatoms. The molecule has 0 aromatic carbocycles. The number of carboxylic acid groups (broad SMARTS) is 1. The van der Waals surface area contributed by atoms with Crippen LogP contribution in [-0.2, 0) is 4.79 Å². The molecule has 0 aromatic rings. The van der Waals surface area contributed by atoms with E-state index in [1.807, 2.05) is 0 Å². The Morgan fingerprint density at radius 2 is 2.20 bits per heavy atom. The molecule has 0 unspecified atom stereocenters. The van der Waals surface area contributed by atoms with Gasteiger partial charge >= 0.3 is 29.6 Å². The summed E-state index contributed by atoms with van der Waals surface area (Å²) >= 11 is 0. The second-order valence-corrected chi connectivity index (χ2v) is 1.73. The molecule has 0 aliphatic rings. The Hall–Kier alpha value is -0.0500. The van der Waals surface area contributed by atoms with Gasteiger partial charge in [0.1, 0.15) is 0 Å². The molecule has 50 valence electrons. The summed E-state index contributed by atoms with van der Waals surface area (Å²) in [6.07, 6.45) is 3.13. The normalized spacial score (nSPS) is 9.90. The zero-order chi connectivity index (χ0) is 7.28. The summed E-state index contributed by atoms with van der Waals surface area (Å²) in [7, 11) is 0. The number of hydrogen-bond acceptors (Lipinski definition) is 2. The summed E-state index contributed by atoms with van der Waals surface area (Å²) in [6.45, 7) is 5.24. The summed E-state index contributed by atoms with van der Waals surface area (Å²) in [6, 6.07) is 0. The maximum absolute atomic E-state index is 9.83. The van der Waals surface area contributed by atoms with Gasteiger partial charge in [-0.3, -0.25) is 0 Å². The van der Waals surface area contributed by atoms with Gasteiger partial charge in [-0.25, -0.2) is 0 Å². The number of carbonyl (C=O) groups is 1. The van der Waals surface area contributed by atoms with Crippen molar-refractivity contribution in [1.29, 1.82) is 0 Å². The molecule has 0 spiro atoms. The van der Waals surface area contributed by atoms with Gasteiger partial charge in [0.15, 0.2) is 0 Å². The van der Waals surface area contributed by atoms with E-state index in [1.54, 1.807) is 19.1 Å². The van der Waals surface area contributed by atoms with E-state index in [0.29, 0.717) is 0 Å². The van der Waals surface area contributed by atoms with E-state index >= 15 is 0 Å². The van der Waals surface area contributed by atoms with Gasteiger partial charge < -0.3 is 9.90 Å². The number of carbonyl (C=O) groups excluding carboxylic acids is 1. The maximum atomic E-state index is 9.83. The molecular formula is C7H9NaO2. The van der Waals surface area contributed by atoms with E-state index < -0.39 is 5.97 Å². The summed E-state index contributed by atoms with van der Waals surface area (Å²) < 4.78 is 0. The molecule has 0 aliphatic carbocycles. The van der Waals surface area contributed by atoms with Crippen LogP contribution >= 0.6 is 0 Å². The topological polar surface area (TPSA) is 40.1 Å². The van der Waals surface area contributed by atoms with Gasteiger partial charge in [-0.15, -0.1) is 0 Å². The van der Waals surface area contributed by atoms with Crippen molar-refractivity contribution in [3.05, 3.63) is 24.3 Å². The minimum absolute atomic E-state index is 0. The second-order valence-electron chi connectivity index (χ2n) is 1.73. The van der Waals surface area contributed by atoms with Crippen LogP contribution in [0.5, 0.6) is 0 Å². The number of aliphatic carboxylic acids is 1. The summed E-state index contributed by atoms with van der Waals surface area (Å²) in [5.41, 5.74) is 0.860. The molecule has 0 aliphatic heterocycles. The Morgan fingerprint density at radius 1 is 1.70 bits per heavy atom. The van der Waals surface area contributed by atoms with Gasteiger partial charge in [0.05, 0.1) is 0 Å². The quantitative estimate of drug-likeness (QED) is 0.322. The zero-order valence-corrected chi connectivity index (χ0v) is 8.39. The number of allylic oxidation sites excluding steroid dienone is 2. The average molecular weight is 148 g/mol. The van der Waals surface area contributed by atoms with Gasteiger partial charge in [0.2, 0.25) is 0 Å². The van der Waals surface area contributed by atoms with Crippen molar-refractivity contribution in [3.8, 4) is 0 Å². The SMILES string of the molecule is C=C/C(C)=C/CC(=O)[O-].[Na+]. The third-order valence-electron chi connectivity index (χ3n) is 0.913. The Labute approximate surface area is 82.9 Å². The molecule has 0 atom stereocenters. The van der Waals surface area contributed by atoms with Crippen LogP contribution in [0.4, 0.5) is 0 Å². The summed E-state index contributed by atoms with van der Waals surface area (Å²) in [5, 5.41) is 9.83. The minimum Gasteiger partial charge on any atom is -0.550 e. The van der Waals surface area contributed by atoms with Crippen molar-refractivity contribution in [2.24, 2.45) is 0 Å². The molecule has 0 aromatic heterocycles. The van der Waals surface area contributed by atoms with Gasteiger partial charge in [0.25, 0.3) is 0 Å². The zero-order valence-electron chi connectivity index (χ0n) is 6.39. The van der Waals surface area contributed by atoms with E-state index in [4.69, 9.17) is 0 Å². The molecule has 0 bridgehead atoms. The first-order valence-corrected chi connectivity index (χ1v) is 2.66. The van der Waals surface area contributed by atoms with Crippen molar-refractivity contribution in [2.75, 3.05) is 0 Å². The van der Waals surface area contributed by atoms with Gasteiger partial charge in [0, 0.05) is 12.4 Å². The van der Waals surface area contributed by atoms with Crippen molar-refractivity contribution >= 4 is 5.97 Å². The summed E-state index contributed by atoms with van der Waals surface area (Å²) in [5.74, 6) is -1.06. The molecule has 0 saturated heterocycles. The second kappa shape index (κ2) is 7.06. The Kier molecular flexibility index (Phi) is 8.91. The molecule has 0 rings (SSSR count). The van der Waals surface area contributed by atoms with Crippen LogP contribution in [0.25, 0.3) is 0 Å². The Balaban J connectivity index is 0. The number of rotatable bonds is 3. The van der Waals surface area contributed by atoms with Crippen molar-refractivity contribution in [2.45, 2.75) is 13.3 Å². The number of carboxylic acids is 1. The molecule has 10 heavy (non-hydrogen) atoms. The third-order valence-corrected chi connectivity index (χ3v) is 0.913. The van der Waals surface area contributed by atoms with E-state index in [2.05, 4.69) is 6.58 Å². The predicted octanol–water partition coefficient (Wildman–Crippen LogP) is -2.74. The first-order valence-electron chi connectivity index (χ1n) is 2.66. The van der Waals surface area contributed by atoms with Gasteiger partial charge in [-0.2, -0.15) is 0 Å². The molecule has 0 heterocycles. The standard InChI is InChI=1S/C7H10O2.Na/c1-3-6(2)4-5-7(8)9;/h3-4H,1,5H2,2H3,(H,8,9);/q;+1/p-1/b6-4+;. The van der Waals surface area contributed by atoms with E-state index in [-0.39, 0.29) is 36.0 Å². The molecule has 0 fully saturated rings. The average Bonchev–Trinajstić information content (AvgIpc) is 1.83. The monoisotopic (exact) mass is 148 g/mol. The molecule has 2 nitrogen and oxygen atoms in total. The van der Waals surface area contributed by atoms with Crippen LogP contribution in [0.3, 0.4) is 0 Å². The van der Waals surface area contributed by atoms with Crippen LogP contribution in [0.2, 0.25) is 0 Å². The fourth-order valence-corrected chi connectivity index (χ4v) is 0.328. The van der Waals surface area contributed by atoms with Crippen LogP contribution < -0.4 is 34.7 Å². The van der Waals surface area contributed by atoms with E-state index in [9.17, 15) is 9.90 Å². The van der Waals surface area contributed by atoms with Crippen LogP contribution in [0.15, 0.2) is 24.3 Å². The molecule has 0 saturated carbocycles. The Bertz CT molecular complexity index is 150. The first kappa shape index (κ1) is 12.6. The maximum Gasteiger partial charge on any atom is 1.00 e. The molecular weight excluding hydrogens is 139 g/mol. The van der Waals surface area contributed by atoms with Gasteiger partial charge in [-0.1, -0.05) is 24.3 Å². The Morgan fingerprint density at radius 3 is 2.50 bits per heavy atom. The molecule has 0 radical (unpaired) electrons. The smallest absolute Gasteiger partial charge is 0.550 e. The van der Waals surface area contributed by atoms with Gasteiger partial charge in [-0.05, 0) is 6.92 Å². The summed E-state index contributed by atoms with van der Waals surface area (Å²) in [4.78, 5) is 9.83. The predicted molar refractivity (Wildman–Crippen MR) is 33.6 cm³/mol. The number of hydrogen-bond donors (Lipinski definition) is 0.